The smallest absolute Gasteiger partial charge is 0.344 e. The molecule has 5 nitrogen and oxygen atoms in total. The average molecular weight is 408 g/mol. The van der Waals surface area contributed by atoms with E-state index in [1.54, 1.807) is 6.07 Å². The quantitative estimate of drug-likeness (QED) is 0.458. The van der Waals surface area contributed by atoms with Crippen molar-refractivity contribution in [2.75, 3.05) is 24.6 Å². The SMILES string of the molecule is O=C(COc1ccc2ccccc2c1)OC1CN(c2nc3ccc(F)cc3s2)C1. The van der Waals surface area contributed by atoms with Gasteiger partial charge in [-0.05, 0) is 41.1 Å². The number of nitrogens with zero attached hydrogens (tertiary/aromatic N) is 2. The second-order valence-corrected chi connectivity index (χ2v) is 7.93. The van der Waals surface area contributed by atoms with Gasteiger partial charge in [-0.1, -0.05) is 41.7 Å². The van der Waals surface area contributed by atoms with Crippen LogP contribution in [0.5, 0.6) is 5.75 Å². The first kappa shape index (κ1) is 17.9. The summed E-state index contributed by atoms with van der Waals surface area (Å²) in [5.41, 5.74) is 0.774. The maximum atomic E-state index is 13.3. The third-order valence-electron chi connectivity index (χ3n) is 4.83. The molecule has 1 aliphatic heterocycles. The standard InChI is InChI=1S/C22H17FN2O3S/c23-16-6-8-19-20(10-16)29-22(24-19)25-11-18(12-25)28-21(26)13-27-17-7-5-14-3-1-2-4-15(14)9-17/h1-10,18H,11-13H2. The molecule has 5 rings (SSSR count). The fourth-order valence-corrected chi connectivity index (χ4v) is 4.32. The number of hydrogen-bond donors (Lipinski definition) is 0. The van der Waals surface area contributed by atoms with Crippen LogP contribution < -0.4 is 9.64 Å². The Morgan fingerprint density at radius 1 is 1.10 bits per heavy atom. The van der Waals surface area contributed by atoms with Crippen LogP contribution in [0, 0.1) is 5.82 Å². The summed E-state index contributed by atoms with van der Waals surface area (Å²) in [5, 5.41) is 2.99. The monoisotopic (exact) mass is 408 g/mol. The lowest BCUT2D eigenvalue weighted by molar-refractivity contribution is -0.152. The third kappa shape index (κ3) is 3.73. The molecular formula is C22H17FN2O3S. The summed E-state index contributed by atoms with van der Waals surface area (Å²) in [7, 11) is 0. The summed E-state index contributed by atoms with van der Waals surface area (Å²) in [6.07, 6.45) is -0.188. The van der Waals surface area contributed by atoms with Crippen molar-refractivity contribution in [3.63, 3.8) is 0 Å². The van der Waals surface area contributed by atoms with Crippen molar-refractivity contribution in [3.05, 3.63) is 66.5 Å². The lowest BCUT2D eigenvalue weighted by atomic mass is 10.1. The number of carbonyl (C=O) groups is 1. The van der Waals surface area contributed by atoms with Crippen molar-refractivity contribution in [1.29, 1.82) is 0 Å². The lowest BCUT2D eigenvalue weighted by Crippen LogP contribution is -2.53. The molecule has 0 unspecified atom stereocenters. The molecule has 1 fully saturated rings. The Hall–Kier alpha value is -3.19. The highest BCUT2D eigenvalue weighted by Gasteiger charge is 2.32. The van der Waals surface area contributed by atoms with Gasteiger partial charge in [-0.15, -0.1) is 0 Å². The number of halogens is 1. The van der Waals surface area contributed by atoms with Gasteiger partial charge in [0.25, 0.3) is 0 Å². The molecular weight excluding hydrogens is 391 g/mol. The topological polar surface area (TPSA) is 51.7 Å². The molecule has 4 aromatic rings. The third-order valence-corrected chi connectivity index (χ3v) is 5.91. The van der Waals surface area contributed by atoms with Gasteiger partial charge in [0.1, 0.15) is 17.7 Å². The first-order valence-corrected chi connectivity index (χ1v) is 10.1. The van der Waals surface area contributed by atoms with E-state index in [-0.39, 0.29) is 18.5 Å². The summed E-state index contributed by atoms with van der Waals surface area (Å²) >= 11 is 1.43. The van der Waals surface area contributed by atoms with E-state index in [9.17, 15) is 9.18 Å². The van der Waals surface area contributed by atoms with E-state index in [0.29, 0.717) is 18.8 Å². The van der Waals surface area contributed by atoms with Crippen LogP contribution in [0.25, 0.3) is 21.0 Å². The van der Waals surface area contributed by atoms with Gasteiger partial charge in [-0.3, -0.25) is 0 Å². The largest absolute Gasteiger partial charge is 0.482 e. The number of fused-ring (bicyclic) bond motifs is 2. The van der Waals surface area contributed by atoms with Crippen molar-refractivity contribution < 1.29 is 18.7 Å². The van der Waals surface area contributed by atoms with Crippen molar-refractivity contribution in [3.8, 4) is 5.75 Å². The number of aromatic nitrogens is 1. The van der Waals surface area contributed by atoms with Crippen LogP contribution in [0.15, 0.2) is 60.7 Å². The van der Waals surface area contributed by atoms with Crippen LogP contribution in [0.1, 0.15) is 0 Å². The predicted molar refractivity (Wildman–Crippen MR) is 111 cm³/mol. The van der Waals surface area contributed by atoms with Gasteiger partial charge in [0, 0.05) is 0 Å². The normalized spacial score (nSPS) is 14.2. The maximum Gasteiger partial charge on any atom is 0.344 e. The van der Waals surface area contributed by atoms with Gasteiger partial charge in [0.15, 0.2) is 11.7 Å². The second kappa shape index (κ2) is 7.33. The Morgan fingerprint density at radius 3 is 2.79 bits per heavy atom. The van der Waals surface area contributed by atoms with Gasteiger partial charge in [0.05, 0.1) is 23.3 Å². The van der Waals surface area contributed by atoms with Crippen LogP contribution in [0.4, 0.5) is 9.52 Å². The van der Waals surface area contributed by atoms with Gasteiger partial charge < -0.3 is 14.4 Å². The number of esters is 1. The minimum atomic E-state index is -0.394. The molecule has 146 valence electrons. The molecule has 3 aromatic carbocycles. The fraction of sp³-hybridized carbons (Fsp3) is 0.182. The van der Waals surface area contributed by atoms with E-state index in [1.165, 1.54) is 23.5 Å². The highest BCUT2D eigenvalue weighted by atomic mass is 32.1. The fourth-order valence-electron chi connectivity index (χ4n) is 3.31. The molecule has 1 aromatic heterocycles. The van der Waals surface area contributed by atoms with Crippen LogP contribution >= 0.6 is 11.3 Å². The van der Waals surface area contributed by atoms with E-state index in [0.717, 1.165) is 26.1 Å². The van der Waals surface area contributed by atoms with Crippen molar-refractivity contribution in [2.45, 2.75) is 6.10 Å². The molecule has 0 bridgehead atoms. The number of benzene rings is 3. The number of anilines is 1. The van der Waals surface area contributed by atoms with E-state index >= 15 is 0 Å². The zero-order valence-corrected chi connectivity index (χ0v) is 16.2. The number of rotatable bonds is 5. The van der Waals surface area contributed by atoms with Crippen LogP contribution in [0.2, 0.25) is 0 Å². The van der Waals surface area contributed by atoms with E-state index < -0.39 is 5.97 Å². The molecule has 0 atom stereocenters. The lowest BCUT2D eigenvalue weighted by Gasteiger charge is -2.38. The number of thiazole rings is 1. The average Bonchev–Trinajstić information content (AvgIpc) is 3.11. The Bertz CT molecular complexity index is 1200. The van der Waals surface area contributed by atoms with E-state index in [1.807, 2.05) is 47.4 Å². The molecule has 0 spiro atoms. The molecule has 7 heteroatoms. The van der Waals surface area contributed by atoms with Crippen LogP contribution in [-0.4, -0.2) is 36.8 Å². The minimum Gasteiger partial charge on any atom is -0.482 e. The summed E-state index contributed by atoms with van der Waals surface area (Å²) < 4.78 is 25.2. The molecule has 0 aliphatic carbocycles. The predicted octanol–water partition coefficient (Wildman–Crippen LogP) is 4.40. The Kier molecular flexibility index (Phi) is 4.52. The molecule has 1 saturated heterocycles. The zero-order valence-electron chi connectivity index (χ0n) is 15.4. The highest BCUT2D eigenvalue weighted by Crippen LogP contribution is 2.32. The van der Waals surface area contributed by atoms with Crippen LogP contribution in [0.3, 0.4) is 0 Å². The van der Waals surface area contributed by atoms with Crippen molar-refractivity contribution >= 4 is 43.4 Å². The molecule has 2 heterocycles. The summed E-state index contributed by atoms with van der Waals surface area (Å²) in [6, 6.07) is 18.2. The molecule has 29 heavy (non-hydrogen) atoms. The van der Waals surface area contributed by atoms with Crippen LogP contribution in [-0.2, 0) is 9.53 Å². The van der Waals surface area contributed by atoms with Gasteiger partial charge >= 0.3 is 5.97 Å². The Balaban J connectivity index is 1.13. The Labute approximate surface area is 170 Å². The van der Waals surface area contributed by atoms with Gasteiger partial charge in [-0.25, -0.2) is 14.2 Å². The molecule has 0 saturated carbocycles. The molecule has 0 amide bonds. The van der Waals surface area contributed by atoms with Gasteiger partial charge in [0.2, 0.25) is 0 Å². The Morgan fingerprint density at radius 2 is 1.93 bits per heavy atom. The van der Waals surface area contributed by atoms with Crippen molar-refractivity contribution in [1.82, 2.24) is 4.98 Å². The highest BCUT2D eigenvalue weighted by molar-refractivity contribution is 7.22. The number of hydrogen-bond acceptors (Lipinski definition) is 6. The number of carbonyl (C=O) groups excluding carboxylic acids is 1. The maximum absolute atomic E-state index is 13.3. The van der Waals surface area contributed by atoms with Crippen molar-refractivity contribution in [2.24, 2.45) is 0 Å². The van der Waals surface area contributed by atoms with Gasteiger partial charge in [-0.2, -0.15) is 0 Å². The molecule has 1 aliphatic rings. The van der Waals surface area contributed by atoms with E-state index in [2.05, 4.69) is 4.98 Å². The zero-order chi connectivity index (χ0) is 19.8. The summed E-state index contributed by atoms with van der Waals surface area (Å²) in [4.78, 5) is 18.6. The number of ether oxygens (including phenoxy) is 2. The second-order valence-electron chi connectivity index (χ2n) is 6.92. The minimum absolute atomic E-state index is 0.130. The first-order chi connectivity index (χ1) is 14.1. The summed E-state index contributed by atoms with van der Waals surface area (Å²) in [6.45, 7) is 1.02. The van der Waals surface area contributed by atoms with E-state index in [4.69, 9.17) is 9.47 Å². The molecule has 0 radical (unpaired) electrons. The molecule has 0 N–H and O–H groups in total. The first-order valence-electron chi connectivity index (χ1n) is 9.26. The summed E-state index contributed by atoms with van der Waals surface area (Å²) in [5.74, 6) is -0.0266.